The Balaban J connectivity index is 1.20. The summed E-state index contributed by atoms with van der Waals surface area (Å²) < 4.78 is 0. The van der Waals surface area contributed by atoms with Crippen molar-refractivity contribution in [2.45, 2.75) is 31.2 Å². The first-order chi connectivity index (χ1) is 15.3. The van der Waals surface area contributed by atoms with Gasteiger partial charge in [0.1, 0.15) is 5.41 Å². The number of benzene rings is 3. The second-order valence-electron chi connectivity index (χ2n) is 9.31. The van der Waals surface area contributed by atoms with E-state index in [-0.39, 0.29) is 0 Å². The van der Waals surface area contributed by atoms with Crippen molar-refractivity contribution in [3.63, 3.8) is 0 Å². The van der Waals surface area contributed by atoms with Crippen molar-refractivity contribution in [3.8, 4) is 6.07 Å². The van der Waals surface area contributed by atoms with Gasteiger partial charge in [-0.2, -0.15) is 5.26 Å². The minimum absolute atomic E-state index is 0.550. The van der Waals surface area contributed by atoms with Crippen LogP contribution in [0.4, 0.5) is 0 Å². The lowest BCUT2D eigenvalue weighted by atomic mass is 9.72. The molecule has 2 atom stereocenters. The number of piperidine rings is 1. The first kappa shape index (κ1) is 20.0. The van der Waals surface area contributed by atoms with Gasteiger partial charge < -0.3 is 0 Å². The van der Waals surface area contributed by atoms with Crippen LogP contribution in [-0.2, 0) is 12.0 Å². The highest BCUT2D eigenvalue weighted by Gasteiger charge is 2.54. The van der Waals surface area contributed by atoms with Crippen molar-refractivity contribution in [2.24, 2.45) is 17.8 Å². The van der Waals surface area contributed by atoms with E-state index in [4.69, 9.17) is 0 Å². The van der Waals surface area contributed by atoms with E-state index in [1.54, 1.807) is 0 Å². The second-order valence-corrected chi connectivity index (χ2v) is 9.31. The molecule has 2 unspecified atom stereocenters. The summed E-state index contributed by atoms with van der Waals surface area (Å²) in [6.07, 6.45) is 3.24. The Morgan fingerprint density at radius 1 is 0.774 bits per heavy atom. The molecular formula is C29H30N2. The predicted molar refractivity (Wildman–Crippen MR) is 125 cm³/mol. The highest BCUT2D eigenvalue weighted by atomic mass is 15.2. The van der Waals surface area contributed by atoms with Gasteiger partial charge in [-0.25, -0.2) is 0 Å². The molecule has 1 heterocycles. The number of nitrogens with zero attached hydrogens (tertiary/aromatic N) is 2. The van der Waals surface area contributed by atoms with E-state index in [1.807, 2.05) is 12.1 Å². The van der Waals surface area contributed by atoms with Crippen molar-refractivity contribution in [2.75, 3.05) is 13.1 Å². The molecule has 2 heteroatoms. The van der Waals surface area contributed by atoms with Gasteiger partial charge in [-0.15, -0.1) is 0 Å². The summed E-state index contributed by atoms with van der Waals surface area (Å²) in [5, 5.41) is 10.3. The number of likely N-dealkylation sites (tertiary alicyclic amines) is 1. The van der Waals surface area contributed by atoms with Crippen LogP contribution in [0.1, 0.15) is 36.0 Å². The van der Waals surface area contributed by atoms with Crippen LogP contribution in [0.5, 0.6) is 0 Å². The third kappa shape index (κ3) is 4.03. The summed E-state index contributed by atoms with van der Waals surface area (Å²) in [6.45, 7) is 3.57. The van der Waals surface area contributed by atoms with Gasteiger partial charge >= 0.3 is 0 Å². The Morgan fingerprint density at radius 2 is 1.29 bits per heavy atom. The molecule has 0 N–H and O–H groups in total. The van der Waals surface area contributed by atoms with Crippen LogP contribution in [0.25, 0.3) is 0 Å². The molecule has 5 rings (SSSR count). The Kier molecular flexibility index (Phi) is 5.62. The van der Waals surface area contributed by atoms with Crippen molar-refractivity contribution < 1.29 is 0 Å². The fourth-order valence-corrected chi connectivity index (χ4v) is 5.82. The number of nitriles is 1. The zero-order chi connectivity index (χ0) is 21.1. The SMILES string of the molecule is N#CC(CCCC1C2CN(Cc3ccccc3)CC12)(c1ccccc1)c1ccccc1. The van der Waals surface area contributed by atoms with Gasteiger partial charge in [-0.05, 0) is 47.3 Å². The molecule has 0 spiro atoms. The Morgan fingerprint density at radius 3 is 1.81 bits per heavy atom. The maximum absolute atomic E-state index is 10.3. The molecule has 0 amide bonds. The van der Waals surface area contributed by atoms with Gasteiger partial charge in [0, 0.05) is 19.6 Å². The molecule has 3 aromatic carbocycles. The molecule has 2 fully saturated rings. The average molecular weight is 407 g/mol. The van der Waals surface area contributed by atoms with Crippen LogP contribution in [0.3, 0.4) is 0 Å². The van der Waals surface area contributed by atoms with E-state index in [0.29, 0.717) is 0 Å². The number of hydrogen-bond acceptors (Lipinski definition) is 2. The third-order valence-corrected chi connectivity index (χ3v) is 7.51. The van der Waals surface area contributed by atoms with Crippen molar-refractivity contribution in [1.29, 1.82) is 5.26 Å². The van der Waals surface area contributed by atoms with E-state index in [2.05, 4.69) is 89.8 Å². The van der Waals surface area contributed by atoms with Crippen LogP contribution >= 0.6 is 0 Å². The molecule has 1 saturated heterocycles. The number of rotatable bonds is 8. The lowest BCUT2D eigenvalue weighted by Crippen LogP contribution is -2.26. The number of fused-ring (bicyclic) bond motifs is 1. The van der Waals surface area contributed by atoms with Crippen LogP contribution in [0, 0.1) is 29.1 Å². The molecule has 1 aliphatic heterocycles. The molecule has 1 aliphatic carbocycles. The van der Waals surface area contributed by atoms with Crippen LogP contribution in [0.15, 0.2) is 91.0 Å². The molecule has 0 radical (unpaired) electrons. The highest BCUT2D eigenvalue weighted by molar-refractivity contribution is 5.45. The van der Waals surface area contributed by atoms with Gasteiger partial charge in [0.2, 0.25) is 0 Å². The van der Waals surface area contributed by atoms with E-state index >= 15 is 0 Å². The summed E-state index contributed by atoms with van der Waals surface area (Å²) in [5.74, 6) is 2.59. The highest BCUT2D eigenvalue weighted by Crippen LogP contribution is 2.55. The molecule has 0 aromatic heterocycles. The first-order valence-electron chi connectivity index (χ1n) is 11.6. The number of hydrogen-bond donors (Lipinski definition) is 0. The maximum Gasteiger partial charge on any atom is 0.107 e. The second kappa shape index (κ2) is 8.69. The van der Waals surface area contributed by atoms with E-state index in [0.717, 1.165) is 48.3 Å². The van der Waals surface area contributed by atoms with Crippen LogP contribution in [0.2, 0.25) is 0 Å². The molecule has 156 valence electrons. The standard InChI is InChI=1S/C29H30N2/c30-22-29(24-13-6-2-7-14-24,25-15-8-3-9-16-25)18-10-17-26-27-20-31(21-28(26)27)19-23-11-4-1-5-12-23/h1-9,11-16,26-28H,10,17-21H2. The maximum atomic E-state index is 10.3. The van der Waals surface area contributed by atoms with Crippen molar-refractivity contribution in [3.05, 3.63) is 108 Å². The fraction of sp³-hybridized carbons (Fsp3) is 0.345. The van der Waals surface area contributed by atoms with E-state index in [1.165, 1.54) is 25.1 Å². The minimum atomic E-state index is -0.550. The van der Waals surface area contributed by atoms with Gasteiger partial charge in [-0.3, -0.25) is 4.90 Å². The molecule has 31 heavy (non-hydrogen) atoms. The topological polar surface area (TPSA) is 27.0 Å². The van der Waals surface area contributed by atoms with Crippen molar-refractivity contribution in [1.82, 2.24) is 4.90 Å². The fourth-order valence-electron chi connectivity index (χ4n) is 5.82. The molecule has 2 nitrogen and oxygen atoms in total. The minimum Gasteiger partial charge on any atom is -0.298 e. The van der Waals surface area contributed by atoms with E-state index in [9.17, 15) is 5.26 Å². The Bertz CT molecular complexity index is 971. The third-order valence-electron chi connectivity index (χ3n) is 7.51. The largest absolute Gasteiger partial charge is 0.298 e. The monoisotopic (exact) mass is 406 g/mol. The van der Waals surface area contributed by atoms with Crippen molar-refractivity contribution >= 4 is 0 Å². The summed E-state index contributed by atoms with van der Waals surface area (Å²) in [7, 11) is 0. The summed E-state index contributed by atoms with van der Waals surface area (Å²) in [4.78, 5) is 2.62. The van der Waals surface area contributed by atoms with Gasteiger partial charge in [0.25, 0.3) is 0 Å². The van der Waals surface area contributed by atoms with Gasteiger partial charge in [-0.1, -0.05) is 97.4 Å². The molecule has 0 bridgehead atoms. The summed E-state index contributed by atoms with van der Waals surface area (Å²) in [6, 6.07) is 34.3. The lowest BCUT2D eigenvalue weighted by molar-refractivity contribution is 0.272. The zero-order valence-electron chi connectivity index (χ0n) is 18.0. The Hall–Kier alpha value is -2.89. The summed E-state index contributed by atoms with van der Waals surface area (Å²) >= 11 is 0. The van der Waals surface area contributed by atoms with Gasteiger partial charge in [0.15, 0.2) is 0 Å². The smallest absolute Gasteiger partial charge is 0.107 e. The van der Waals surface area contributed by atoms with Crippen LogP contribution in [-0.4, -0.2) is 18.0 Å². The molecule has 1 saturated carbocycles. The zero-order valence-corrected chi connectivity index (χ0v) is 18.0. The predicted octanol–water partition coefficient (Wildman–Crippen LogP) is 6.04. The quantitative estimate of drug-likeness (QED) is 0.456. The summed E-state index contributed by atoms with van der Waals surface area (Å²) in [5.41, 5.74) is 3.11. The normalized spacial score (nSPS) is 22.6. The molecule has 2 aliphatic rings. The molecular weight excluding hydrogens is 376 g/mol. The Labute approximate surface area is 186 Å². The lowest BCUT2D eigenvalue weighted by Gasteiger charge is -2.28. The molecule has 3 aromatic rings. The van der Waals surface area contributed by atoms with E-state index < -0.39 is 5.41 Å². The van der Waals surface area contributed by atoms with Gasteiger partial charge in [0.05, 0.1) is 6.07 Å². The average Bonchev–Trinajstić information content (AvgIpc) is 3.28. The first-order valence-corrected chi connectivity index (χ1v) is 11.6. The van der Waals surface area contributed by atoms with Crippen LogP contribution < -0.4 is 0 Å².